The normalized spacial score (nSPS) is 17.6. The largest absolute Gasteiger partial charge is 0.381 e. The second-order valence-corrected chi connectivity index (χ2v) is 10.0. The van der Waals surface area contributed by atoms with Gasteiger partial charge < -0.3 is 26.0 Å². The Labute approximate surface area is 225 Å². The Hall–Kier alpha value is -3.90. The average molecular weight is 537 g/mol. The van der Waals surface area contributed by atoms with Crippen LogP contribution in [0.25, 0.3) is 5.65 Å². The van der Waals surface area contributed by atoms with E-state index in [1.807, 2.05) is 0 Å². The summed E-state index contributed by atoms with van der Waals surface area (Å²) < 4.78 is 22.2. The van der Waals surface area contributed by atoms with Gasteiger partial charge in [0.15, 0.2) is 11.4 Å². The van der Waals surface area contributed by atoms with Gasteiger partial charge in [-0.1, -0.05) is 20.4 Å². The first-order chi connectivity index (χ1) is 18.9. The standard InChI is InChI=1S/C27H33FN8O3/c1-4-22(37)23-18(19(28)5-6-20(23)33-25(38)21-7-10-29-21)13-30-27-35-26(32-16-8-11-39-12-9-16)34-24-17(15(2)3)14-31-36(24)27/h4-6,14-16,21,29H,1,7-13H2,2-3H3,(H,33,38)(H2,30,32,34,35). The van der Waals surface area contributed by atoms with Crippen LogP contribution in [-0.2, 0) is 16.1 Å². The van der Waals surface area contributed by atoms with Gasteiger partial charge in [-0.25, -0.2) is 4.39 Å². The number of nitrogens with zero attached hydrogens (tertiary/aromatic N) is 4. The first kappa shape index (κ1) is 26.7. The molecule has 1 amide bonds. The fourth-order valence-electron chi connectivity index (χ4n) is 4.69. The first-order valence-electron chi connectivity index (χ1n) is 13.2. The lowest BCUT2D eigenvalue weighted by atomic mass is 9.99. The van der Waals surface area contributed by atoms with Gasteiger partial charge in [0.25, 0.3) is 0 Å². The third-order valence-corrected chi connectivity index (χ3v) is 7.08. The number of fused-ring (bicyclic) bond motifs is 1. The summed E-state index contributed by atoms with van der Waals surface area (Å²) in [5.41, 5.74) is 1.93. The second-order valence-electron chi connectivity index (χ2n) is 10.0. The molecule has 3 aromatic rings. The highest BCUT2D eigenvalue weighted by atomic mass is 19.1. The van der Waals surface area contributed by atoms with E-state index in [0.717, 1.165) is 31.0 Å². The van der Waals surface area contributed by atoms with Gasteiger partial charge in [-0.3, -0.25) is 9.59 Å². The quantitative estimate of drug-likeness (QED) is 0.227. The Morgan fingerprint density at radius 1 is 1.26 bits per heavy atom. The Bertz CT molecular complexity index is 1400. The van der Waals surface area contributed by atoms with Crippen molar-refractivity contribution in [3.63, 3.8) is 0 Å². The van der Waals surface area contributed by atoms with E-state index in [-0.39, 0.29) is 47.3 Å². The number of hydrogen-bond donors (Lipinski definition) is 4. The molecule has 2 aromatic heterocycles. The number of benzene rings is 1. The molecule has 1 unspecified atom stereocenters. The minimum Gasteiger partial charge on any atom is -0.381 e. The number of aromatic nitrogens is 4. The topological polar surface area (TPSA) is 135 Å². The van der Waals surface area contributed by atoms with Gasteiger partial charge in [-0.2, -0.15) is 19.6 Å². The van der Waals surface area contributed by atoms with E-state index < -0.39 is 11.6 Å². The monoisotopic (exact) mass is 536 g/mol. The molecule has 0 saturated carbocycles. The lowest BCUT2D eigenvalue weighted by molar-refractivity contribution is -0.119. The summed E-state index contributed by atoms with van der Waals surface area (Å²) in [6.07, 6.45) is 5.22. The van der Waals surface area contributed by atoms with Crippen LogP contribution in [0, 0.1) is 5.82 Å². The molecule has 2 fully saturated rings. The molecule has 2 aliphatic rings. The smallest absolute Gasteiger partial charge is 0.241 e. The van der Waals surface area contributed by atoms with Crippen LogP contribution in [0.3, 0.4) is 0 Å². The zero-order chi connectivity index (χ0) is 27.5. The molecule has 2 aliphatic heterocycles. The maximum absolute atomic E-state index is 15.2. The minimum absolute atomic E-state index is 0.0411. The van der Waals surface area contributed by atoms with Crippen molar-refractivity contribution in [2.75, 3.05) is 35.7 Å². The van der Waals surface area contributed by atoms with Gasteiger partial charge >= 0.3 is 0 Å². The number of amides is 1. The summed E-state index contributed by atoms with van der Waals surface area (Å²) in [4.78, 5) is 34.8. The molecule has 5 rings (SSSR count). The molecule has 1 aromatic carbocycles. The van der Waals surface area contributed by atoms with E-state index in [9.17, 15) is 9.59 Å². The van der Waals surface area contributed by atoms with Crippen molar-refractivity contribution in [1.29, 1.82) is 0 Å². The molecule has 1 atom stereocenters. The van der Waals surface area contributed by atoms with Crippen molar-refractivity contribution < 1.29 is 18.7 Å². The summed E-state index contributed by atoms with van der Waals surface area (Å²) in [6.45, 7) is 9.66. The zero-order valence-electron chi connectivity index (χ0n) is 22.1. The van der Waals surface area contributed by atoms with Crippen molar-refractivity contribution in [3.05, 3.63) is 53.5 Å². The number of carbonyl (C=O) groups is 2. The molecule has 0 radical (unpaired) electrons. The highest BCUT2D eigenvalue weighted by Crippen LogP contribution is 2.27. The third kappa shape index (κ3) is 5.62. The van der Waals surface area contributed by atoms with Crippen LogP contribution in [0.15, 0.2) is 31.0 Å². The molecule has 206 valence electrons. The lowest BCUT2D eigenvalue weighted by Gasteiger charge is -2.27. The van der Waals surface area contributed by atoms with E-state index in [1.165, 1.54) is 12.1 Å². The number of hydrogen-bond acceptors (Lipinski definition) is 9. The van der Waals surface area contributed by atoms with Gasteiger partial charge in [0, 0.05) is 36.9 Å². The van der Waals surface area contributed by atoms with Gasteiger partial charge in [-0.15, -0.1) is 0 Å². The average Bonchev–Trinajstić information content (AvgIpc) is 3.32. The van der Waals surface area contributed by atoms with Crippen molar-refractivity contribution in [3.8, 4) is 0 Å². The molecule has 0 bridgehead atoms. The van der Waals surface area contributed by atoms with Crippen LogP contribution in [0.4, 0.5) is 22.0 Å². The number of rotatable bonds is 10. The predicted octanol–water partition coefficient (Wildman–Crippen LogP) is 3.26. The van der Waals surface area contributed by atoms with Crippen LogP contribution >= 0.6 is 0 Å². The molecule has 0 aliphatic carbocycles. The predicted molar refractivity (Wildman–Crippen MR) is 146 cm³/mol. The van der Waals surface area contributed by atoms with Gasteiger partial charge in [0.1, 0.15) is 5.82 Å². The van der Waals surface area contributed by atoms with Crippen LogP contribution < -0.4 is 21.3 Å². The maximum Gasteiger partial charge on any atom is 0.241 e. The molecule has 2 saturated heterocycles. The van der Waals surface area contributed by atoms with E-state index in [4.69, 9.17) is 9.72 Å². The van der Waals surface area contributed by atoms with Gasteiger partial charge in [0.05, 0.1) is 23.5 Å². The summed E-state index contributed by atoms with van der Waals surface area (Å²) in [7, 11) is 0. The Balaban J connectivity index is 1.48. The number of anilines is 3. The number of halogens is 1. The number of nitrogens with one attached hydrogen (secondary N) is 4. The number of ketones is 1. The maximum atomic E-state index is 15.2. The lowest BCUT2D eigenvalue weighted by Crippen LogP contribution is -2.51. The van der Waals surface area contributed by atoms with Crippen molar-refractivity contribution in [2.24, 2.45) is 0 Å². The fraction of sp³-hybridized carbons (Fsp3) is 0.444. The highest BCUT2D eigenvalue weighted by Gasteiger charge is 2.27. The van der Waals surface area contributed by atoms with Crippen LogP contribution in [0.2, 0.25) is 0 Å². The molecular formula is C27H33FN8O3. The van der Waals surface area contributed by atoms with Gasteiger partial charge in [-0.05, 0) is 49.9 Å². The highest BCUT2D eigenvalue weighted by molar-refractivity contribution is 6.11. The van der Waals surface area contributed by atoms with E-state index in [0.29, 0.717) is 37.2 Å². The third-order valence-electron chi connectivity index (χ3n) is 7.08. The number of carbonyl (C=O) groups excluding carboxylic acids is 2. The van der Waals surface area contributed by atoms with Crippen molar-refractivity contribution in [2.45, 2.75) is 57.7 Å². The van der Waals surface area contributed by atoms with Gasteiger partial charge in [0.2, 0.25) is 17.8 Å². The minimum atomic E-state index is -0.596. The van der Waals surface area contributed by atoms with E-state index >= 15 is 4.39 Å². The Morgan fingerprint density at radius 2 is 2.03 bits per heavy atom. The van der Waals surface area contributed by atoms with Crippen LogP contribution in [0.1, 0.15) is 60.5 Å². The summed E-state index contributed by atoms with van der Waals surface area (Å²) in [5, 5.41) is 16.8. The Morgan fingerprint density at radius 3 is 2.69 bits per heavy atom. The van der Waals surface area contributed by atoms with Crippen molar-refractivity contribution >= 4 is 34.9 Å². The van der Waals surface area contributed by atoms with E-state index in [2.05, 4.69) is 51.8 Å². The molecule has 39 heavy (non-hydrogen) atoms. The molecule has 4 N–H and O–H groups in total. The summed E-state index contributed by atoms with van der Waals surface area (Å²) in [6, 6.07) is 2.46. The molecule has 11 nitrogen and oxygen atoms in total. The first-order valence-corrected chi connectivity index (χ1v) is 13.2. The molecule has 0 spiro atoms. The molecular weight excluding hydrogens is 503 g/mol. The van der Waals surface area contributed by atoms with Crippen LogP contribution in [-0.4, -0.2) is 63.1 Å². The van der Waals surface area contributed by atoms with Crippen molar-refractivity contribution in [1.82, 2.24) is 24.9 Å². The SMILES string of the molecule is C=CC(=O)c1c(NC(=O)C2CCN2)ccc(F)c1CNc1nc(NC2CCOCC2)nc2c(C(C)C)cnn12. The zero-order valence-corrected chi connectivity index (χ0v) is 22.1. The number of allylic oxidation sites excluding steroid dienone is 1. The summed E-state index contributed by atoms with van der Waals surface area (Å²) >= 11 is 0. The summed E-state index contributed by atoms with van der Waals surface area (Å²) in [5.74, 6) is -0.437. The van der Waals surface area contributed by atoms with E-state index in [1.54, 1.807) is 10.7 Å². The van der Waals surface area contributed by atoms with Crippen LogP contribution in [0.5, 0.6) is 0 Å². The Kier molecular flexibility index (Phi) is 7.84. The second kappa shape index (κ2) is 11.5. The molecule has 4 heterocycles. The fourth-order valence-corrected chi connectivity index (χ4v) is 4.69. The number of ether oxygens (including phenoxy) is 1. The molecule has 12 heteroatoms.